The molecule has 2 aliphatic heterocycles. The first kappa shape index (κ1) is 22.0. The molecule has 0 saturated carbocycles. The molecule has 1 fully saturated rings. The number of sulfonamides is 1. The van der Waals surface area contributed by atoms with E-state index in [1.165, 1.54) is 27.4 Å². The zero-order valence-electron chi connectivity index (χ0n) is 18.3. The van der Waals surface area contributed by atoms with Gasteiger partial charge in [-0.05, 0) is 42.5 Å². The molecule has 8 heteroatoms. The normalized spacial score (nSPS) is 19.7. The molecule has 7 nitrogen and oxygen atoms in total. The number of carbonyl (C=O) groups excluding carboxylic acids is 1. The first-order valence-corrected chi connectivity index (χ1v) is 12.8. The van der Waals surface area contributed by atoms with E-state index in [0.717, 1.165) is 19.5 Å². The van der Waals surface area contributed by atoms with E-state index in [1.807, 2.05) is 19.3 Å². The van der Waals surface area contributed by atoms with Crippen molar-refractivity contribution in [2.45, 2.75) is 31.8 Å². The van der Waals surface area contributed by atoms with Crippen LogP contribution in [0.15, 0.2) is 42.6 Å². The highest BCUT2D eigenvalue weighted by molar-refractivity contribution is 7.88. The summed E-state index contributed by atoms with van der Waals surface area (Å²) < 4.78 is 27.0. The van der Waals surface area contributed by atoms with Crippen LogP contribution in [0, 0.1) is 5.92 Å². The standard InChI is InChI=1S/C23H32N4O3S/c1-25-12-5-8-21(25)22(26-13-9-18-6-3-4-7-20(18)17-26)16-24-23(28)19-10-14-27(15-11-19)31(2,29)30/h3-8,12,19,22H,9-11,13-17H2,1-2H3,(H,24,28)/t22-/m1/s1. The fourth-order valence-electron chi connectivity index (χ4n) is 4.82. The van der Waals surface area contributed by atoms with Crippen LogP contribution in [0.3, 0.4) is 0 Å². The molecular weight excluding hydrogens is 412 g/mol. The third kappa shape index (κ3) is 5.02. The topological polar surface area (TPSA) is 74.6 Å². The van der Waals surface area contributed by atoms with Crippen LogP contribution in [0.4, 0.5) is 0 Å². The van der Waals surface area contributed by atoms with Gasteiger partial charge in [-0.3, -0.25) is 9.69 Å². The molecule has 4 rings (SSSR count). The van der Waals surface area contributed by atoms with E-state index >= 15 is 0 Å². The molecule has 1 aromatic carbocycles. The number of nitrogens with one attached hydrogen (secondary N) is 1. The Morgan fingerprint density at radius 3 is 2.45 bits per heavy atom. The van der Waals surface area contributed by atoms with E-state index in [9.17, 15) is 13.2 Å². The molecule has 1 saturated heterocycles. The number of hydrogen-bond donors (Lipinski definition) is 1. The highest BCUT2D eigenvalue weighted by atomic mass is 32.2. The van der Waals surface area contributed by atoms with Crippen molar-refractivity contribution >= 4 is 15.9 Å². The number of amides is 1. The Morgan fingerprint density at radius 1 is 1.10 bits per heavy atom. The van der Waals surface area contributed by atoms with Crippen molar-refractivity contribution in [2.75, 3.05) is 32.4 Å². The minimum Gasteiger partial charge on any atom is -0.354 e. The van der Waals surface area contributed by atoms with E-state index in [2.05, 4.69) is 45.1 Å². The molecule has 0 spiro atoms. The fourth-order valence-corrected chi connectivity index (χ4v) is 5.69. The van der Waals surface area contributed by atoms with Crippen molar-refractivity contribution < 1.29 is 13.2 Å². The Bertz CT molecular complexity index is 1020. The SMILES string of the molecule is Cn1cccc1[C@@H](CNC(=O)C1CCN(S(C)(=O)=O)CC1)N1CCc2ccccc2C1. The maximum Gasteiger partial charge on any atom is 0.223 e. The summed E-state index contributed by atoms with van der Waals surface area (Å²) in [6.45, 7) is 3.21. The van der Waals surface area contributed by atoms with E-state index in [4.69, 9.17) is 0 Å². The van der Waals surface area contributed by atoms with E-state index in [-0.39, 0.29) is 17.9 Å². The molecule has 1 N–H and O–H groups in total. The average molecular weight is 445 g/mol. The van der Waals surface area contributed by atoms with Gasteiger partial charge in [-0.2, -0.15) is 0 Å². The number of piperidine rings is 1. The van der Waals surface area contributed by atoms with Crippen molar-refractivity contribution in [3.63, 3.8) is 0 Å². The lowest BCUT2D eigenvalue weighted by atomic mass is 9.96. The van der Waals surface area contributed by atoms with Gasteiger partial charge in [0.2, 0.25) is 15.9 Å². The Morgan fingerprint density at radius 2 is 1.81 bits per heavy atom. The van der Waals surface area contributed by atoms with Gasteiger partial charge in [0.05, 0.1) is 12.3 Å². The highest BCUT2D eigenvalue weighted by Gasteiger charge is 2.31. The lowest BCUT2D eigenvalue weighted by Gasteiger charge is -2.36. The molecule has 0 unspecified atom stereocenters. The number of nitrogens with zero attached hydrogens (tertiary/aromatic N) is 3. The van der Waals surface area contributed by atoms with Gasteiger partial charge in [-0.1, -0.05) is 24.3 Å². The van der Waals surface area contributed by atoms with Crippen LogP contribution < -0.4 is 5.32 Å². The van der Waals surface area contributed by atoms with E-state index in [1.54, 1.807) is 0 Å². The smallest absolute Gasteiger partial charge is 0.223 e. The largest absolute Gasteiger partial charge is 0.354 e. The minimum absolute atomic E-state index is 0.0322. The minimum atomic E-state index is -3.18. The Kier molecular flexibility index (Phi) is 6.50. The third-order valence-electron chi connectivity index (χ3n) is 6.69. The monoisotopic (exact) mass is 444 g/mol. The molecule has 0 aliphatic carbocycles. The van der Waals surface area contributed by atoms with E-state index in [0.29, 0.717) is 32.5 Å². The van der Waals surface area contributed by atoms with Crippen LogP contribution in [0.1, 0.15) is 35.7 Å². The van der Waals surface area contributed by atoms with Gasteiger partial charge in [0.1, 0.15) is 0 Å². The second kappa shape index (κ2) is 9.14. The summed E-state index contributed by atoms with van der Waals surface area (Å²) in [5, 5.41) is 3.18. The number of hydrogen-bond acceptors (Lipinski definition) is 4. The number of benzene rings is 1. The van der Waals surface area contributed by atoms with Gasteiger partial charge in [0.25, 0.3) is 0 Å². The fraction of sp³-hybridized carbons (Fsp3) is 0.522. The van der Waals surface area contributed by atoms with Gasteiger partial charge >= 0.3 is 0 Å². The predicted octanol–water partition coefficient (Wildman–Crippen LogP) is 1.91. The van der Waals surface area contributed by atoms with E-state index < -0.39 is 10.0 Å². The van der Waals surface area contributed by atoms with Crippen molar-refractivity contribution in [2.24, 2.45) is 13.0 Å². The number of rotatable bonds is 6. The first-order chi connectivity index (χ1) is 14.8. The highest BCUT2D eigenvalue weighted by Crippen LogP contribution is 2.28. The quantitative estimate of drug-likeness (QED) is 0.739. The number of carbonyl (C=O) groups is 1. The second-order valence-electron chi connectivity index (χ2n) is 8.73. The zero-order valence-corrected chi connectivity index (χ0v) is 19.1. The molecule has 31 heavy (non-hydrogen) atoms. The number of fused-ring (bicyclic) bond motifs is 1. The van der Waals surface area contributed by atoms with Crippen LogP contribution in [0.2, 0.25) is 0 Å². The molecule has 1 amide bonds. The summed E-state index contributed by atoms with van der Waals surface area (Å²) in [5.74, 6) is -0.0982. The van der Waals surface area contributed by atoms with Crippen molar-refractivity contribution in [3.05, 3.63) is 59.4 Å². The summed E-state index contributed by atoms with van der Waals surface area (Å²) in [6.07, 6.45) is 5.43. The molecule has 3 heterocycles. The summed E-state index contributed by atoms with van der Waals surface area (Å²) in [4.78, 5) is 15.3. The number of aryl methyl sites for hydroxylation is 1. The third-order valence-corrected chi connectivity index (χ3v) is 7.99. The molecular formula is C23H32N4O3S. The van der Waals surface area contributed by atoms with Crippen molar-refractivity contribution in [3.8, 4) is 0 Å². The molecule has 2 aromatic rings. The van der Waals surface area contributed by atoms with Gasteiger partial charge in [-0.15, -0.1) is 0 Å². The summed E-state index contributed by atoms with van der Waals surface area (Å²) in [6, 6.07) is 12.8. The molecule has 2 aliphatic rings. The van der Waals surface area contributed by atoms with Gasteiger partial charge in [0, 0.05) is 57.6 Å². The second-order valence-corrected chi connectivity index (χ2v) is 10.7. The molecule has 1 atom stereocenters. The predicted molar refractivity (Wildman–Crippen MR) is 121 cm³/mol. The van der Waals surface area contributed by atoms with Crippen molar-refractivity contribution in [1.82, 2.24) is 19.1 Å². The zero-order chi connectivity index (χ0) is 22.0. The summed E-state index contributed by atoms with van der Waals surface area (Å²) >= 11 is 0. The van der Waals surface area contributed by atoms with Crippen LogP contribution in [-0.4, -0.2) is 60.5 Å². The Labute approximate surface area is 185 Å². The van der Waals surface area contributed by atoms with Gasteiger partial charge in [-0.25, -0.2) is 12.7 Å². The number of aromatic nitrogens is 1. The maximum atomic E-state index is 12.9. The lowest BCUT2D eigenvalue weighted by molar-refractivity contribution is -0.126. The average Bonchev–Trinajstić information content (AvgIpc) is 3.19. The molecule has 168 valence electrons. The maximum absolute atomic E-state index is 12.9. The van der Waals surface area contributed by atoms with Crippen LogP contribution in [0.5, 0.6) is 0 Å². The van der Waals surface area contributed by atoms with Crippen LogP contribution in [0.25, 0.3) is 0 Å². The van der Waals surface area contributed by atoms with Gasteiger partial charge < -0.3 is 9.88 Å². The Hall–Kier alpha value is -2.16. The summed E-state index contributed by atoms with van der Waals surface area (Å²) in [5.41, 5.74) is 3.95. The van der Waals surface area contributed by atoms with Crippen molar-refractivity contribution in [1.29, 1.82) is 0 Å². The first-order valence-electron chi connectivity index (χ1n) is 11.0. The molecule has 0 radical (unpaired) electrons. The van der Waals surface area contributed by atoms with Crippen LogP contribution >= 0.6 is 0 Å². The van der Waals surface area contributed by atoms with Crippen LogP contribution in [-0.2, 0) is 34.8 Å². The molecule has 1 aromatic heterocycles. The lowest BCUT2D eigenvalue weighted by Crippen LogP contribution is -2.45. The van der Waals surface area contributed by atoms with Gasteiger partial charge in [0.15, 0.2) is 0 Å². The summed E-state index contributed by atoms with van der Waals surface area (Å²) in [7, 11) is -1.14. The molecule has 0 bridgehead atoms. The Balaban J connectivity index is 1.42.